The standard InChI is InChI=1S/C13H9BrOS/c14-12-6-5-11(16-12)13(15)10-7-8-3-1-2-4-9(8)10/h1-6,10H,7H2. The third kappa shape index (κ3) is 1.55. The molecule has 0 N–H and O–H groups in total. The van der Waals surface area contributed by atoms with E-state index in [0.29, 0.717) is 0 Å². The first-order valence-electron chi connectivity index (χ1n) is 5.13. The lowest BCUT2D eigenvalue weighted by Crippen LogP contribution is -2.24. The zero-order valence-corrected chi connectivity index (χ0v) is 10.8. The highest BCUT2D eigenvalue weighted by atomic mass is 79.9. The number of thiophene rings is 1. The zero-order valence-electron chi connectivity index (χ0n) is 8.44. The largest absolute Gasteiger partial charge is 0.293 e. The molecule has 2 aromatic rings. The van der Waals surface area contributed by atoms with Crippen molar-refractivity contribution in [1.82, 2.24) is 0 Å². The van der Waals surface area contributed by atoms with Crippen molar-refractivity contribution < 1.29 is 4.79 Å². The highest BCUT2D eigenvalue weighted by molar-refractivity contribution is 9.11. The molecule has 1 nitrogen and oxygen atoms in total. The van der Waals surface area contributed by atoms with Crippen LogP contribution < -0.4 is 0 Å². The summed E-state index contributed by atoms with van der Waals surface area (Å²) in [5.41, 5.74) is 2.52. The fourth-order valence-electron chi connectivity index (χ4n) is 2.11. The molecule has 0 fully saturated rings. The van der Waals surface area contributed by atoms with Gasteiger partial charge in [0.25, 0.3) is 0 Å². The summed E-state index contributed by atoms with van der Waals surface area (Å²) in [6.45, 7) is 0. The van der Waals surface area contributed by atoms with Crippen LogP contribution in [0.5, 0.6) is 0 Å². The molecule has 0 amide bonds. The molecule has 0 spiro atoms. The lowest BCUT2D eigenvalue weighted by atomic mass is 9.75. The Kier molecular flexibility index (Phi) is 2.45. The van der Waals surface area contributed by atoms with Crippen LogP contribution in [-0.4, -0.2) is 5.78 Å². The number of rotatable bonds is 2. The molecule has 1 aromatic carbocycles. The van der Waals surface area contributed by atoms with Gasteiger partial charge < -0.3 is 0 Å². The third-order valence-electron chi connectivity index (χ3n) is 2.99. The van der Waals surface area contributed by atoms with Crippen molar-refractivity contribution in [2.75, 3.05) is 0 Å². The first-order valence-corrected chi connectivity index (χ1v) is 6.74. The van der Waals surface area contributed by atoms with Crippen molar-refractivity contribution in [1.29, 1.82) is 0 Å². The smallest absolute Gasteiger partial charge is 0.180 e. The molecule has 16 heavy (non-hydrogen) atoms. The molecule has 1 heterocycles. The maximum Gasteiger partial charge on any atom is 0.180 e. The molecule has 1 aliphatic carbocycles. The SMILES string of the molecule is O=C(c1ccc(Br)s1)C1Cc2ccccc21. The Morgan fingerprint density at radius 2 is 2.06 bits per heavy atom. The number of benzene rings is 1. The Hall–Kier alpha value is -0.930. The van der Waals surface area contributed by atoms with E-state index in [1.54, 1.807) is 0 Å². The quantitative estimate of drug-likeness (QED) is 0.764. The number of ketones is 1. The molecular formula is C13H9BrOS. The van der Waals surface area contributed by atoms with Crippen LogP contribution in [-0.2, 0) is 6.42 Å². The van der Waals surface area contributed by atoms with Crippen LogP contribution in [0.1, 0.15) is 26.7 Å². The number of fused-ring (bicyclic) bond motifs is 1. The Morgan fingerprint density at radius 3 is 2.75 bits per heavy atom. The molecule has 0 aliphatic heterocycles. The molecule has 1 unspecified atom stereocenters. The Balaban J connectivity index is 1.90. The van der Waals surface area contributed by atoms with Gasteiger partial charge in [0.15, 0.2) is 5.78 Å². The molecule has 0 radical (unpaired) electrons. The van der Waals surface area contributed by atoms with Gasteiger partial charge in [0.1, 0.15) is 0 Å². The van der Waals surface area contributed by atoms with Gasteiger partial charge >= 0.3 is 0 Å². The Morgan fingerprint density at radius 1 is 1.25 bits per heavy atom. The summed E-state index contributed by atoms with van der Waals surface area (Å²) < 4.78 is 1.02. The van der Waals surface area contributed by atoms with Crippen molar-refractivity contribution in [3.8, 4) is 0 Å². The van der Waals surface area contributed by atoms with Crippen LogP contribution in [0.2, 0.25) is 0 Å². The molecule has 0 saturated carbocycles. The van der Waals surface area contributed by atoms with Gasteiger partial charge in [-0.3, -0.25) is 4.79 Å². The monoisotopic (exact) mass is 292 g/mol. The van der Waals surface area contributed by atoms with E-state index in [9.17, 15) is 4.79 Å². The predicted octanol–water partition coefficient (Wildman–Crippen LogP) is 4.03. The van der Waals surface area contributed by atoms with Gasteiger partial charge in [-0.25, -0.2) is 0 Å². The van der Waals surface area contributed by atoms with Gasteiger partial charge in [-0.05, 0) is 45.6 Å². The number of hydrogen-bond donors (Lipinski definition) is 0. The highest BCUT2D eigenvalue weighted by Gasteiger charge is 2.32. The van der Waals surface area contributed by atoms with E-state index in [0.717, 1.165) is 15.1 Å². The van der Waals surface area contributed by atoms with Gasteiger partial charge in [0.05, 0.1) is 14.6 Å². The van der Waals surface area contributed by atoms with Crippen molar-refractivity contribution in [2.24, 2.45) is 0 Å². The molecule has 0 saturated heterocycles. The first kappa shape index (κ1) is 10.2. The van der Waals surface area contributed by atoms with Crippen molar-refractivity contribution >= 4 is 33.0 Å². The highest BCUT2D eigenvalue weighted by Crippen LogP contribution is 2.38. The maximum absolute atomic E-state index is 12.2. The number of Topliss-reactive ketones (excluding diaryl/α,β-unsaturated/α-hetero) is 1. The summed E-state index contributed by atoms with van der Waals surface area (Å²) in [6.07, 6.45) is 0.893. The fourth-order valence-corrected chi connectivity index (χ4v) is 3.49. The zero-order chi connectivity index (χ0) is 11.1. The lowest BCUT2D eigenvalue weighted by Gasteiger charge is -2.28. The second-order valence-electron chi connectivity index (χ2n) is 3.92. The normalized spacial score (nSPS) is 17.7. The Bertz CT molecular complexity index is 559. The van der Waals surface area contributed by atoms with Crippen LogP contribution in [0.4, 0.5) is 0 Å². The number of hydrogen-bond acceptors (Lipinski definition) is 2. The summed E-state index contributed by atoms with van der Waals surface area (Å²) >= 11 is 4.90. The molecule has 0 bridgehead atoms. The van der Waals surface area contributed by atoms with E-state index in [1.165, 1.54) is 22.5 Å². The van der Waals surface area contributed by atoms with Gasteiger partial charge in [-0.1, -0.05) is 24.3 Å². The fraction of sp³-hybridized carbons (Fsp3) is 0.154. The van der Waals surface area contributed by atoms with E-state index in [-0.39, 0.29) is 11.7 Å². The van der Waals surface area contributed by atoms with Crippen LogP contribution >= 0.6 is 27.3 Å². The summed E-state index contributed by atoms with van der Waals surface area (Å²) in [5.74, 6) is 0.344. The average molecular weight is 293 g/mol. The predicted molar refractivity (Wildman–Crippen MR) is 69.2 cm³/mol. The second kappa shape index (κ2) is 3.82. The van der Waals surface area contributed by atoms with Crippen LogP contribution in [0.15, 0.2) is 40.2 Å². The van der Waals surface area contributed by atoms with Gasteiger partial charge in [0, 0.05) is 0 Å². The Labute approximate surface area is 106 Å². The number of halogens is 1. The number of carbonyl (C=O) groups excluding carboxylic acids is 1. The molecule has 1 atom stereocenters. The third-order valence-corrected chi connectivity index (χ3v) is 4.63. The minimum absolute atomic E-state index is 0.0850. The number of carbonyl (C=O) groups is 1. The minimum Gasteiger partial charge on any atom is -0.293 e. The first-order chi connectivity index (χ1) is 7.75. The van der Waals surface area contributed by atoms with E-state index in [4.69, 9.17) is 0 Å². The minimum atomic E-state index is 0.0850. The van der Waals surface area contributed by atoms with Gasteiger partial charge in [-0.15, -0.1) is 11.3 Å². The lowest BCUT2D eigenvalue weighted by molar-refractivity contribution is 0.0953. The van der Waals surface area contributed by atoms with Gasteiger partial charge in [0.2, 0.25) is 0 Å². The van der Waals surface area contributed by atoms with E-state index >= 15 is 0 Å². The molecule has 80 valence electrons. The summed E-state index contributed by atoms with van der Waals surface area (Å²) in [5, 5.41) is 0. The average Bonchev–Trinajstić information content (AvgIpc) is 2.67. The molecule has 1 aromatic heterocycles. The van der Waals surface area contributed by atoms with Crippen molar-refractivity contribution in [3.63, 3.8) is 0 Å². The molecule has 3 rings (SSSR count). The van der Waals surface area contributed by atoms with Crippen LogP contribution in [0.25, 0.3) is 0 Å². The topological polar surface area (TPSA) is 17.1 Å². The summed E-state index contributed by atoms with van der Waals surface area (Å²) in [6, 6.07) is 12.0. The molecular weight excluding hydrogens is 284 g/mol. The van der Waals surface area contributed by atoms with E-state index in [2.05, 4.69) is 28.1 Å². The summed E-state index contributed by atoms with van der Waals surface area (Å²) in [7, 11) is 0. The van der Waals surface area contributed by atoms with E-state index < -0.39 is 0 Å². The van der Waals surface area contributed by atoms with Crippen molar-refractivity contribution in [2.45, 2.75) is 12.3 Å². The molecule has 1 aliphatic rings. The van der Waals surface area contributed by atoms with Crippen LogP contribution in [0.3, 0.4) is 0 Å². The maximum atomic E-state index is 12.2. The summed E-state index contributed by atoms with van der Waals surface area (Å²) in [4.78, 5) is 13.0. The van der Waals surface area contributed by atoms with E-state index in [1.807, 2.05) is 24.3 Å². The van der Waals surface area contributed by atoms with Crippen molar-refractivity contribution in [3.05, 3.63) is 56.2 Å². The molecule has 3 heteroatoms. The van der Waals surface area contributed by atoms with Gasteiger partial charge in [-0.2, -0.15) is 0 Å². The van der Waals surface area contributed by atoms with Crippen LogP contribution in [0, 0.1) is 0 Å². The second-order valence-corrected chi connectivity index (χ2v) is 6.39.